The van der Waals surface area contributed by atoms with Crippen LogP contribution in [0.15, 0.2) is 60.7 Å². The van der Waals surface area contributed by atoms with Crippen LogP contribution in [0.25, 0.3) is 10.8 Å². The molecule has 0 radical (unpaired) electrons. The van der Waals surface area contributed by atoms with Crippen molar-refractivity contribution in [2.24, 2.45) is 0 Å². The fourth-order valence-corrected chi connectivity index (χ4v) is 3.10. The number of aryl methyl sites for hydroxylation is 1. The molecule has 0 spiro atoms. The lowest BCUT2D eigenvalue weighted by molar-refractivity contribution is -0.121. The number of ether oxygens (including phenoxy) is 1. The van der Waals surface area contributed by atoms with E-state index in [1.165, 1.54) is 5.56 Å². The zero-order valence-corrected chi connectivity index (χ0v) is 16.3. The molecule has 1 N–H and O–H groups in total. The molecule has 0 fully saturated rings. The first kappa shape index (κ1) is 19.6. The van der Waals surface area contributed by atoms with Crippen LogP contribution < -0.4 is 10.1 Å². The molecule has 1 amide bonds. The van der Waals surface area contributed by atoms with E-state index < -0.39 is 0 Å². The highest BCUT2D eigenvalue weighted by molar-refractivity contribution is 5.98. The average molecular weight is 375 g/mol. The van der Waals surface area contributed by atoms with Gasteiger partial charge >= 0.3 is 0 Å². The van der Waals surface area contributed by atoms with Crippen molar-refractivity contribution in [2.45, 2.75) is 32.7 Å². The van der Waals surface area contributed by atoms with Gasteiger partial charge in [-0.3, -0.25) is 9.59 Å². The maximum Gasteiger partial charge on any atom is 0.220 e. The number of hydrogen-bond donors (Lipinski definition) is 1. The van der Waals surface area contributed by atoms with Gasteiger partial charge in [-0.2, -0.15) is 0 Å². The third kappa shape index (κ3) is 4.97. The number of ketones is 1. The molecule has 3 aromatic rings. The number of carbonyl (C=O) groups excluding carboxylic acids is 2. The highest BCUT2D eigenvalue weighted by Crippen LogP contribution is 2.21. The lowest BCUT2D eigenvalue weighted by Crippen LogP contribution is -2.23. The molecule has 0 aliphatic carbocycles. The number of hydrogen-bond acceptors (Lipinski definition) is 3. The Morgan fingerprint density at radius 2 is 1.54 bits per heavy atom. The summed E-state index contributed by atoms with van der Waals surface area (Å²) < 4.78 is 5.24. The molecule has 0 bridgehead atoms. The fraction of sp³-hybridized carbons (Fsp3) is 0.250. The van der Waals surface area contributed by atoms with Gasteiger partial charge in [0.25, 0.3) is 0 Å². The molecular weight excluding hydrogens is 350 g/mol. The summed E-state index contributed by atoms with van der Waals surface area (Å²) in [5.41, 5.74) is 2.88. The zero-order valence-electron chi connectivity index (χ0n) is 16.3. The first-order valence-corrected chi connectivity index (χ1v) is 9.54. The Morgan fingerprint density at radius 1 is 0.857 bits per heavy atom. The summed E-state index contributed by atoms with van der Waals surface area (Å²) in [6.45, 7) is 2.52. The predicted molar refractivity (Wildman–Crippen MR) is 112 cm³/mol. The average Bonchev–Trinajstić information content (AvgIpc) is 2.75. The Kier molecular flexibility index (Phi) is 6.43. The van der Waals surface area contributed by atoms with Gasteiger partial charge in [0, 0.05) is 24.9 Å². The van der Waals surface area contributed by atoms with Crippen molar-refractivity contribution in [3.8, 4) is 5.75 Å². The summed E-state index contributed by atoms with van der Waals surface area (Å²) in [7, 11) is 1.65. The van der Waals surface area contributed by atoms with Gasteiger partial charge in [-0.05, 0) is 46.5 Å². The molecule has 28 heavy (non-hydrogen) atoms. The van der Waals surface area contributed by atoms with Crippen molar-refractivity contribution in [2.75, 3.05) is 7.11 Å². The minimum Gasteiger partial charge on any atom is -0.497 e. The van der Waals surface area contributed by atoms with Gasteiger partial charge in [0.15, 0.2) is 5.78 Å². The van der Waals surface area contributed by atoms with E-state index in [9.17, 15) is 9.59 Å². The Bertz CT molecular complexity index is 977. The van der Waals surface area contributed by atoms with Gasteiger partial charge < -0.3 is 10.1 Å². The normalized spacial score (nSPS) is 10.6. The van der Waals surface area contributed by atoms with Gasteiger partial charge in [0.2, 0.25) is 5.91 Å². The van der Waals surface area contributed by atoms with Crippen LogP contribution in [0, 0.1) is 0 Å². The molecule has 3 aromatic carbocycles. The van der Waals surface area contributed by atoms with Crippen LogP contribution in [0.5, 0.6) is 5.75 Å². The SMILES string of the molecule is CCc1ccc(C(=O)CCC(=O)NCc2ccc3cc(OC)ccc3c2)cc1. The molecule has 4 nitrogen and oxygen atoms in total. The molecule has 4 heteroatoms. The standard InChI is InChI=1S/C24H25NO3/c1-3-17-4-7-19(8-5-17)23(26)12-13-24(27)25-16-18-6-9-21-15-22(28-2)11-10-20(21)14-18/h4-11,14-15H,3,12-13,16H2,1-2H3,(H,25,27). The monoisotopic (exact) mass is 375 g/mol. The molecular formula is C24H25NO3. The van der Waals surface area contributed by atoms with E-state index in [1.54, 1.807) is 7.11 Å². The topological polar surface area (TPSA) is 55.4 Å². The summed E-state index contributed by atoms with van der Waals surface area (Å²) in [5.74, 6) is 0.702. The second-order valence-corrected chi connectivity index (χ2v) is 6.80. The Labute approximate surface area is 165 Å². The molecule has 0 heterocycles. The smallest absolute Gasteiger partial charge is 0.220 e. The Morgan fingerprint density at radius 3 is 2.25 bits per heavy atom. The molecule has 0 aliphatic rings. The van der Waals surface area contributed by atoms with Crippen LogP contribution in [0.4, 0.5) is 0 Å². The van der Waals surface area contributed by atoms with E-state index in [4.69, 9.17) is 4.74 Å². The summed E-state index contributed by atoms with van der Waals surface area (Å²) >= 11 is 0. The van der Waals surface area contributed by atoms with Crippen LogP contribution in [0.3, 0.4) is 0 Å². The summed E-state index contributed by atoms with van der Waals surface area (Å²) in [6, 6.07) is 19.6. The third-order valence-electron chi connectivity index (χ3n) is 4.86. The fourth-order valence-electron chi connectivity index (χ4n) is 3.10. The number of benzene rings is 3. The van der Waals surface area contributed by atoms with Gasteiger partial charge in [-0.1, -0.05) is 49.4 Å². The molecule has 0 saturated heterocycles. The van der Waals surface area contributed by atoms with Crippen molar-refractivity contribution in [3.63, 3.8) is 0 Å². The van der Waals surface area contributed by atoms with Crippen molar-refractivity contribution < 1.29 is 14.3 Å². The minimum atomic E-state index is -0.117. The first-order chi connectivity index (χ1) is 13.6. The van der Waals surface area contributed by atoms with Crippen molar-refractivity contribution in [1.82, 2.24) is 5.32 Å². The van der Waals surface area contributed by atoms with Crippen molar-refractivity contribution in [3.05, 3.63) is 77.4 Å². The van der Waals surface area contributed by atoms with Gasteiger partial charge in [-0.15, -0.1) is 0 Å². The van der Waals surface area contributed by atoms with Crippen LogP contribution in [0.2, 0.25) is 0 Å². The molecule has 0 aliphatic heterocycles. The largest absolute Gasteiger partial charge is 0.497 e. The lowest BCUT2D eigenvalue weighted by atomic mass is 10.0. The maximum atomic E-state index is 12.2. The van der Waals surface area contributed by atoms with Crippen LogP contribution in [-0.4, -0.2) is 18.8 Å². The summed E-state index contributed by atoms with van der Waals surface area (Å²) in [5, 5.41) is 5.08. The van der Waals surface area contributed by atoms with Crippen LogP contribution in [-0.2, 0) is 17.8 Å². The number of Topliss-reactive ketones (excluding diaryl/α,β-unsaturated/α-hetero) is 1. The van der Waals surface area contributed by atoms with Crippen molar-refractivity contribution in [1.29, 1.82) is 0 Å². The number of nitrogens with one attached hydrogen (secondary N) is 1. The van der Waals surface area contributed by atoms with Crippen LogP contribution >= 0.6 is 0 Å². The number of rotatable bonds is 8. The van der Waals surface area contributed by atoms with E-state index in [2.05, 4.69) is 18.3 Å². The van der Waals surface area contributed by atoms with Gasteiger partial charge in [0.1, 0.15) is 5.75 Å². The molecule has 0 saturated carbocycles. The van der Waals surface area contributed by atoms with Gasteiger partial charge in [0.05, 0.1) is 7.11 Å². The number of fused-ring (bicyclic) bond motifs is 1. The van der Waals surface area contributed by atoms with Crippen LogP contribution in [0.1, 0.15) is 41.3 Å². The third-order valence-corrected chi connectivity index (χ3v) is 4.86. The number of carbonyl (C=O) groups is 2. The second-order valence-electron chi connectivity index (χ2n) is 6.80. The molecule has 0 unspecified atom stereocenters. The molecule has 0 atom stereocenters. The van der Waals surface area contributed by atoms with Gasteiger partial charge in [-0.25, -0.2) is 0 Å². The van der Waals surface area contributed by atoms with E-state index >= 15 is 0 Å². The predicted octanol–water partition coefficient (Wildman–Crippen LogP) is 4.69. The van der Waals surface area contributed by atoms with E-state index in [0.717, 1.165) is 28.5 Å². The first-order valence-electron chi connectivity index (χ1n) is 9.54. The second kappa shape index (κ2) is 9.18. The number of amides is 1. The zero-order chi connectivity index (χ0) is 19.9. The van der Waals surface area contributed by atoms with E-state index in [0.29, 0.717) is 12.1 Å². The molecule has 3 rings (SSSR count). The molecule has 144 valence electrons. The van der Waals surface area contributed by atoms with E-state index in [-0.39, 0.29) is 24.5 Å². The summed E-state index contributed by atoms with van der Waals surface area (Å²) in [4.78, 5) is 24.4. The quantitative estimate of drug-likeness (QED) is 0.581. The van der Waals surface area contributed by atoms with E-state index in [1.807, 2.05) is 54.6 Å². The van der Waals surface area contributed by atoms with Crippen molar-refractivity contribution >= 4 is 22.5 Å². The highest BCUT2D eigenvalue weighted by Gasteiger charge is 2.09. The Hall–Kier alpha value is -3.14. The molecule has 0 aromatic heterocycles. The summed E-state index contributed by atoms with van der Waals surface area (Å²) in [6.07, 6.45) is 1.35. The Balaban J connectivity index is 1.50. The minimum absolute atomic E-state index is 0.00236. The maximum absolute atomic E-state index is 12.2. The number of methoxy groups -OCH3 is 1. The highest BCUT2D eigenvalue weighted by atomic mass is 16.5. The lowest BCUT2D eigenvalue weighted by Gasteiger charge is -2.08.